The summed E-state index contributed by atoms with van der Waals surface area (Å²) in [6.07, 6.45) is 1.55. The van der Waals surface area contributed by atoms with Gasteiger partial charge in [0.05, 0.1) is 22.6 Å². The number of rotatable bonds is 4. The van der Waals surface area contributed by atoms with Crippen LogP contribution in [-0.4, -0.2) is 60.5 Å². The average Bonchev–Trinajstić information content (AvgIpc) is 2.84. The van der Waals surface area contributed by atoms with Crippen LogP contribution >= 0.6 is 11.6 Å². The molecule has 0 aliphatic carbocycles. The van der Waals surface area contributed by atoms with Gasteiger partial charge in [-0.05, 0) is 42.9 Å². The Morgan fingerprint density at radius 1 is 1.11 bits per heavy atom. The van der Waals surface area contributed by atoms with Gasteiger partial charge in [0.15, 0.2) is 0 Å². The van der Waals surface area contributed by atoms with Crippen LogP contribution in [0.5, 0.6) is 0 Å². The lowest BCUT2D eigenvalue weighted by Crippen LogP contribution is -2.44. The van der Waals surface area contributed by atoms with Crippen molar-refractivity contribution < 1.29 is 9.18 Å². The maximum atomic E-state index is 14.6. The Balaban J connectivity index is 1.44. The number of nitrogens with zero attached hydrogens (tertiary/aromatic N) is 4. The van der Waals surface area contributed by atoms with E-state index < -0.39 is 0 Å². The average molecular weight is 495 g/mol. The first-order chi connectivity index (χ1) is 16.7. The summed E-state index contributed by atoms with van der Waals surface area (Å²) < 4.78 is 14.6. The minimum absolute atomic E-state index is 0.0746. The third-order valence-corrected chi connectivity index (χ3v) is 7.02. The largest absolute Gasteiger partial charge is 0.367 e. The molecule has 2 aliphatic rings. The Morgan fingerprint density at radius 3 is 2.66 bits per heavy atom. The van der Waals surface area contributed by atoms with Crippen molar-refractivity contribution in [3.63, 3.8) is 0 Å². The SMILES string of the molecule is CN1CCN(c2cc(Nc3ncc(Cl)c(-c4ccc5c(c4)C(C)(C)CNC5=O)n3)ccc2F)CC1. The lowest BCUT2D eigenvalue weighted by Gasteiger charge is -2.34. The molecule has 5 rings (SSSR count). The summed E-state index contributed by atoms with van der Waals surface area (Å²) in [6.45, 7) is 8.06. The van der Waals surface area contributed by atoms with Crippen LogP contribution in [0.4, 0.5) is 21.7 Å². The maximum Gasteiger partial charge on any atom is 0.251 e. The van der Waals surface area contributed by atoms with Gasteiger partial charge in [0.2, 0.25) is 5.95 Å². The fourth-order valence-electron chi connectivity index (χ4n) is 4.58. The van der Waals surface area contributed by atoms with Crippen molar-refractivity contribution in [1.29, 1.82) is 0 Å². The molecule has 3 heterocycles. The van der Waals surface area contributed by atoms with Gasteiger partial charge in [-0.2, -0.15) is 0 Å². The van der Waals surface area contributed by atoms with Crippen molar-refractivity contribution in [3.05, 3.63) is 64.6 Å². The number of piperazine rings is 1. The van der Waals surface area contributed by atoms with Crippen LogP contribution in [0.3, 0.4) is 0 Å². The fraction of sp³-hybridized carbons (Fsp3) is 0.346. The number of likely N-dealkylation sites (N-methyl/N-ethyl adjacent to an activating group) is 1. The minimum atomic E-state index is -0.251. The topological polar surface area (TPSA) is 73.4 Å². The van der Waals surface area contributed by atoms with E-state index in [1.54, 1.807) is 18.3 Å². The van der Waals surface area contributed by atoms with Crippen LogP contribution in [0.2, 0.25) is 5.02 Å². The van der Waals surface area contributed by atoms with E-state index in [1.165, 1.54) is 6.07 Å². The molecule has 1 aromatic heterocycles. The molecular formula is C26H28ClFN6O. The number of carbonyl (C=O) groups excluding carboxylic acids is 1. The molecule has 0 unspecified atom stereocenters. The van der Waals surface area contributed by atoms with Crippen molar-refractivity contribution in [2.75, 3.05) is 50.0 Å². The highest BCUT2D eigenvalue weighted by Crippen LogP contribution is 2.35. The fourth-order valence-corrected chi connectivity index (χ4v) is 4.78. The van der Waals surface area contributed by atoms with Gasteiger partial charge in [-0.3, -0.25) is 4.79 Å². The Bertz CT molecular complexity index is 1290. The molecule has 2 N–H and O–H groups in total. The van der Waals surface area contributed by atoms with Crippen molar-refractivity contribution in [2.45, 2.75) is 19.3 Å². The van der Waals surface area contributed by atoms with E-state index in [9.17, 15) is 9.18 Å². The van der Waals surface area contributed by atoms with Gasteiger partial charge >= 0.3 is 0 Å². The number of halogens is 2. The number of amides is 1. The van der Waals surface area contributed by atoms with Crippen molar-refractivity contribution in [1.82, 2.24) is 20.2 Å². The molecule has 2 aromatic carbocycles. The van der Waals surface area contributed by atoms with E-state index in [2.05, 4.69) is 51.3 Å². The highest BCUT2D eigenvalue weighted by molar-refractivity contribution is 6.32. The van der Waals surface area contributed by atoms with Crippen LogP contribution in [0.1, 0.15) is 29.8 Å². The summed E-state index contributed by atoms with van der Waals surface area (Å²) in [4.78, 5) is 25.6. The molecule has 0 saturated carbocycles. The number of hydrogen-bond acceptors (Lipinski definition) is 6. The third kappa shape index (κ3) is 4.68. The number of fused-ring (bicyclic) bond motifs is 1. The predicted octanol–water partition coefficient (Wildman–Crippen LogP) is 4.45. The molecule has 0 atom stereocenters. The Morgan fingerprint density at radius 2 is 1.89 bits per heavy atom. The molecule has 35 heavy (non-hydrogen) atoms. The van der Waals surface area contributed by atoms with Gasteiger partial charge in [0.25, 0.3) is 5.91 Å². The number of anilines is 3. The Hall–Kier alpha value is -3.23. The van der Waals surface area contributed by atoms with Gasteiger partial charge in [-0.15, -0.1) is 0 Å². The Labute approximate surface area is 209 Å². The summed E-state index contributed by atoms with van der Waals surface area (Å²) in [5, 5.41) is 6.54. The van der Waals surface area contributed by atoms with Crippen LogP contribution in [0.25, 0.3) is 11.3 Å². The van der Waals surface area contributed by atoms with E-state index in [1.807, 2.05) is 18.2 Å². The van der Waals surface area contributed by atoms with Gasteiger partial charge < -0.3 is 20.4 Å². The first kappa shape index (κ1) is 23.5. The third-order valence-electron chi connectivity index (χ3n) is 6.75. The predicted molar refractivity (Wildman–Crippen MR) is 137 cm³/mol. The number of aromatic nitrogens is 2. The summed E-state index contributed by atoms with van der Waals surface area (Å²) in [5.41, 5.74) is 4.03. The number of benzene rings is 2. The van der Waals surface area contributed by atoms with Crippen LogP contribution < -0.4 is 15.5 Å². The van der Waals surface area contributed by atoms with E-state index in [0.29, 0.717) is 40.1 Å². The van der Waals surface area contributed by atoms with Gasteiger partial charge in [0, 0.05) is 55.0 Å². The maximum absolute atomic E-state index is 14.6. The molecule has 1 amide bonds. The lowest BCUT2D eigenvalue weighted by molar-refractivity contribution is 0.0930. The molecule has 0 radical (unpaired) electrons. The van der Waals surface area contributed by atoms with Gasteiger partial charge in [0.1, 0.15) is 5.82 Å². The second-order valence-corrected chi connectivity index (χ2v) is 10.2. The second-order valence-electron chi connectivity index (χ2n) is 9.80. The number of hydrogen-bond donors (Lipinski definition) is 2. The minimum Gasteiger partial charge on any atom is -0.367 e. The zero-order valence-corrected chi connectivity index (χ0v) is 20.8. The lowest BCUT2D eigenvalue weighted by atomic mass is 9.78. The van der Waals surface area contributed by atoms with Gasteiger partial charge in [-0.25, -0.2) is 14.4 Å². The van der Waals surface area contributed by atoms with Crippen LogP contribution in [0.15, 0.2) is 42.6 Å². The van der Waals surface area contributed by atoms with Crippen LogP contribution in [0, 0.1) is 5.82 Å². The smallest absolute Gasteiger partial charge is 0.251 e. The van der Waals surface area contributed by atoms with Crippen molar-refractivity contribution in [3.8, 4) is 11.3 Å². The van der Waals surface area contributed by atoms with Crippen LogP contribution in [-0.2, 0) is 5.41 Å². The van der Waals surface area contributed by atoms with E-state index in [-0.39, 0.29) is 17.1 Å². The number of carbonyl (C=O) groups is 1. The summed E-state index contributed by atoms with van der Waals surface area (Å²) >= 11 is 6.48. The summed E-state index contributed by atoms with van der Waals surface area (Å²) in [6, 6.07) is 10.6. The normalized spacial score (nSPS) is 17.6. The molecule has 0 bridgehead atoms. The first-order valence-corrected chi connectivity index (χ1v) is 12.0. The monoisotopic (exact) mass is 494 g/mol. The highest BCUT2D eigenvalue weighted by atomic mass is 35.5. The summed E-state index contributed by atoms with van der Waals surface area (Å²) in [7, 11) is 2.07. The first-order valence-electron chi connectivity index (χ1n) is 11.7. The molecule has 0 spiro atoms. The Kier molecular flexibility index (Phi) is 6.11. The second kappa shape index (κ2) is 9.09. The van der Waals surface area contributed by atoms with Crippen molar-refractivity contribution in [2.24, 2.45) is 0 Å². The molecule has 1 fully saturated rings. The zero-order chi connectivity index (χ0) is 24.7. The standard InChI is InChI=1S/C26H28ClFN6O/c1-26(2)15-30-24(35)18-6-4-16(12-19(18)26)23-20(27)14-29-25(32-23)31-17-5-7-21(28)22(13-17)34-10-8-33(3)9-11-34/h4-7,12-14H,8-11,15H2,1-3H3,(H,30,35)(H,29,31,32). The van der Waals surface area contributed by atoms with E-state index in [4.69, 9.17) is 11.6 Å². The van der Waals surface area contributed by atoms with Crippen molar-refractivity contribution >= 4 is 34.8 Å². The molecule has 9 heteroatoms. The van der Waals surface area contributed by atoms with E-state index in [0.717, 1.165) is 37.3 Å². The molecule has 1 saturated heterocycles. The molecule has 182 valence electrons. The highest BCUT2D eigenvalue weighted by Gasteiger charge is 2.32. The van der Waals surface area contributed by atoms with Gasteiger partial charge in [-0.1, -0.05) is 31.5 Å². The summed E-state index contributed by atoms with van der Waals surface area (Å²) in [5.74, 6) is 0.0306. The zero-order valence-electron chi connectivity index (χ0n) is 20.0. The quantitative estimate of drug-likeness (QED) is 0.558. The molecular weight excluding hydrogens is 467 g/mol. The molecule has 3 aromatic rings. The van der Waals surface area contributed by atoms with E-state index >= 15 is 0 Å². The molecule has 2 aliphatic heterocycles. The number of nitrogens with one attached hydrogen (secondary N) is 2. The molecule has 7 nitrogen and oxygen atoms in total.